The van der Waals surface area contributed by atoms with Crippen molar-refractivity contribution in [3.63, 3.8) is 0 Å². The first-order valence-corrected chi connectivity index (χ1v) is 8.06. The Morgan fingerprint density at radius 2 is 2.15 bits per heavy atom. The molecule has 0 saturated heterocycles. The molecule has 2 aromatic rings. The standard InChI is InChI=1S/C12H11BrN2O4S/c13-11-2-1-9(7-10(11)12(16)17)20(18,19)6-5-15-4-3-14-8-15/h1-4,7-8H,5-6H2,(H,16,17). The Bertz CT molecular complexity index is 726. The summed E-state index contributed by atoms with van der Waals surface area (Å²) >= 11 is 3.08. The number of carboxylic acids is 1. The van der Waals surface area contributed by atoms with E-state index in [0.717, 1.165) is 6.07 Å². The van der Waals surface area contributed by atoms with Gasteiger partial charge in [-0.15, -0.1) is 0 Å². The number of hydrogen-bond donors (Lipinski definition) is 1. The molecule has 0 saturated carbocycles. The van der Waals surface area contributed by atoms with E-state index in [0.29, 0.717) is 4.47 Å². The van der Waals surface area contributed by atoms with Gasteiger partial charge in [-0.1, -0.05) is 0 Å². The Morgan fingerprint density at radius 3 is 2.75 bits per heavy atom. The number of carboxylic acid groups (broad SMARTS) is 1. The second-order valence-corrected chi connectivity index (χ2v) is 7.03. The van der Waals surface area contributed by atoms with Crippen molar-refractivity contribution in [2.75, 3.05) is 5.75 Å². The molecule has 0 radical (unpaired) electrons. The van der Waals surface area contributed by atoms with Crippen molar-refractivity contribution in [2.45, 2.75) is 11.4 Å². The largest absolute Gasteiger partial charge is 0.478 e. The molecule has 1 N–H and O–H groups in total. The zero-order valence-corrected chi connectivity index (χ0v) is 12.6. The van der Waals surface area contributed by atoms with Crippen molar-refractivity contribution in [3.8, 4) is 0 Å². The first-order valence-electron chi connectivity index (χ1n) is 5.61. The highest BCUT2D eigenvalue weighted by Crippen LogP contribution is 2.22. The van der Waals surface area contributed by atoms with Crippen molar-refractivity contribution < 1.29 is 18.3 Å². The predicted octanol–water partition coefficient (Wildman–Crippen LogP) is 1.82. The van der Waals surface area contributed by atoms with Crippen LogP contribution >= 0.6 is 15.9 Å². The van der Waals surface area contributed by atoms with Crippen molar-refractivity contribution in [3.05, 3.63) is 47.0 Å². The van der Waals surface area contributed by atoms with Crippen LogP contribution in [0.5, 0.6) is 0 Å². The van der Waals surface area contributed by atoms with Gasteiger partial charge in [0.25, 0.3) is 0 Å². The van der Waals surface area contributed by atoms with E-state index in [1.54, 1.807) is 17.0 Å². The number of sulfone groups is 1. The number of rotatable bonds is 5. The van der Waals surface area contributed by atoms with Gasteiger partial charge in [0.2, 0.25) is 0 Å². The summed E-state index contributed by atoms with van der Waals surface area (Å²) in [6, 6.07) is 3.98. The first-order chi connectivity index (χ1) is 9.40. The zero-order valence-electron chi connectivity index (χ0n) is 10.2. The van der Waals surface area contributed by atoms with Gasteiger partial charge in [0.05, 0.1) is 22.5 Å². The lowest BCUT2D eigenvalue weighted by Gasteiger charge is -2.07. The lowest BCUT2D eigenvalue weighted by Crippen LogP contribution is -2.13. The Kier molecular flexibility index (Phi) is 4.24. The van der Waals surface area contributed by atoms with E-state index in [9.17, 15) is 13.2 Å². The normalized spacial score (nSPS) is 11.4. The maximum Gasteiger partial charge on any atom is 0.336 e. The molecule has 0 aliphatic rings. The van der Waals surface area contributed by atoms with Crippen LogP contribution in [0.4, 0.5) is 0 Å². The molecule has 1 aromatic heterocycles. The van der Waals surface area contributed by atoms with Gasteiger partial charge < -0.3 is 9.67 Å². The van der Waals surface area contributed by atoms with E-state index in [-0.39, 0.29) is 22.8 Å². The van der Waals surface area contributed by atoms with Gasteiger partial charge in [-0.2, -0.15) is 0 Å². The molecule has 106 valence electrons. The van der Waals surface area contributed by atoms with Crippen LogP contribution in [0.15, 0.2) is 46.3 Å². The molecule has 2 rings (SSSR count). The van der Waals surface area contributed by atoms with Gasteiger partial charge in [-0.25, -0.2) is 18.2 Å². The van der Waals surface area contributed by atoms with Crippen LogP contribution in [0, 0.1) is 0 Å². The van der Waals surface area contributed by atoms with Gasteiger partial charge >= 0.3 is 5.97 Å². The highest BCUT2D eigenvalue weighted by Gasteiger charge is 2.18. The van der Waals surface area contributed by atoms with E-state index in [4.69, 9.17) is 5.11 Å². The van der Waals surface area contributed by atoms with E-state index < -0.39 is 15.8 Å². The molecule has 0 amide bonds. The lowest BCUT2D eigenvalue weighted by molar-refractivity contribution is 0.0695. The lowest BCUT2D eigenvalue weighted by atomic mass is 10.2. The predicted molar refractivity (Wildman–Crippen MR) is 75.4 cm³/mol. The SMILES string of the molecule is O=C(O)c1cc(S(=O)(=O)CCn2ccnc2)ccc1Br. The van der Waals surface area contributed by atoms with E-state index in [2.05, 4.69) is 20.9 Å². The molecule has 0 fully saturated rings. The average Bonchev–Trinajstić information content (AvgIpc) is 2.89. The van der Waals surface area contributed by atoms with Gasteiger partial charge in [0.15, 0.2) is 9.84 Å². The molecule has 1 aromatic carbocycles. The van der Waals surface area contributed by atoms with Crippen LogP contribution in [0.25, 0.3) is 0 Å². The number of carbonyl (C=O) groups is 1. The fourth-order valence-electron chi connectivity index (χ4n) is 1.62. The van der Waals surface area contributed by atoms with Crippen LogP contribution in [0.1, 0.15) is 10.4 Å². The molecule has 0 atom stereocenters. The maximum atomic E-state index is 12.2. The molecular weight excluding hydrogens is 348 g/mol. The van der Waals surface area contributed by atoms with Crippen LogP contribution in [-0.4, -0.2) is 34.8 Å². The quantitative estimate of drug-likeness (QED) is 0.880. The van der Waals surface area contributed by atoms with Gasteiger partial charge in [0.1, 0.15) is 0 Å². The van der Waals surface area contributed by atoms with Crippen molar-refractivity contribution >= 4 is 31.7 Å². The van der Waals surface area contributed by atoms with E-state index in [1.807, 2.05) is 0 Å². The molecule has 20 heavy (non-hydrogen) atoms. The van der Waals surface area contributed by atoms with Crippen LogP contribution in [0.2, 0.25) is 0 Å². The molecular formula is C12H11BrN2O4S. The highest BCUT2D eigenvalue weighted by molar-refractivity contribution is 9.10. The number of nitrogens with zero attached hydrogens (tertiary/aromatic N) is 2. The Morgan fingerprint density at radius 1 is 1.40 bits per heavy atom. The molecule has 8 heteroatoms. The van der Waals surface area contributed by atoms with Crippen LogP contribution in [-0.2, 0) is 16.4 Å². The Balaban J connectivity index is 2.25. The summed E-state index contributed by atoms with van der Waals surface area (Å²) in [5.41, 5.74) is -0.0753. The molecule has 6 nitrogen and oxygen atoms in total. The summed E-state index contributed by atoms with van der Waals surface area (Å²) in [6.07, 6.45) is 4.76. The zero-order chi connectivity index (χ0) is 14.8. The smallest absolute Gasteiger partial charge is 0.336 e. The Labute approximate surface area is 124 Å². The van der Waals surface area contributed by atoms with Crippen LogP contribution in [0.3, 0.4) is 0 Å². The monoisotopic (exact) mass is 358 g/mol. The molecule has 1 heterocycles. The molecule has 0 bridgehead atoms. The topological polar surface area (TPSA) is 89.3 Å². The van der Waals surface area contributed by atoms with Crippen molar-refractivity contribution in [1.82, 2.24) is 9.55 Å². The minimum absolute atomic E-state index is 0.00165. The number of imidazole rings is 1. The van der Waals surface area contributed by atoms with E-state index in [1.165, 1.54) is 18.5 Å². The number of halogens is 1. The highest BCUT2D eigenvalue weighted by atomic mass is 79.9. The second-order valence-electron chi connectivity index (χ2n) is 4.07. The minimum atomic E-state index is -3.54. The van der Waals surface area contributed by atoms with E-state index >= 15 is 0 Å². The fourth-order valence-corrected chi connectivity index (χ4v) is 3.30. The summed E-state index contributed by atoms with van der Waals surface area (Å²) in [7, 11) is -3.54. The number of aromatic carboxylic acids is 1. The molecule has 0 aliphatic heterocycles. The molecule has 0 unspecified atom stereocenters. The van der Waals surface area contributed by atoms with Gasteiger partial charge in [-0.3, -0.25) is 0 Å². The first kappa shape index (κ1) is 14.7. The number of aryl methyl sites for hydroxylation is 1. The summed E-state index contributed by atoms with van der Waals surface area (Å²) in [4.78, 5) is 14.8. The van der Waals surface area contributed by atoms with Gasteiger partial charge in [-0.05, 0) is 34.1 Å². The van der Waals surface area contributed by atoms with Gasteiger partial charge in [0, 0.05) is 23.4 Å². The summed E-state index contributed by atoms with van der Waals surface area (Å²) in [5, 5.41) is 9.00. The third-order valence-corrected chi connectivity index (χ3v) is 5.09. The third kappa shape index (κ3) is 3.26. The Hall–Kier alpha value is -1.67. The minimum Gasteiger partial charge on any atom is -0.478 e. The number of hydrogen-bond acceptors (Lipinski definition) is 4. The van der Waals surface area contributed by atoms with Crippen molar-refractivity contribution in [1.29, 1.82) is 0 Å². The maximum absolute atomic E-state index is 12.2. The number of aromatic nitrogens is 2. The fraction of sp³-hybridized carbons (Fsp3) is 0.167. The average molecular weight is 359 g/mol. The number of benzene rings is 1. The third-order valence-electron chi connectivity index (χ3n) is 2.70. The summed E-state index contributed by atoms with van der Waals surface area (Å²) in [5.74, 6) is -1.30. The molecule has 0 aliphatic carbocycles. The second kappa shape index (κ2) is 5.76. The molecule has 0 spiro atoms. The summed E-state index contributed by atoms with van der Waals surface area (Å²) < 4.78 is 26.3. The van der Waals surface area contributed by atoms with Crippen molar-refractivity contribution in [2.24, 2.45) is 0 Å². The summed E-state index contributed by atoms with van der Waals surface area (Å²) in [6.45, 7) is 0.265. The van der Waals surface area contributed by atoms with Crippen LogP contribution < -0.4 is 0 Å².